The zero-order valence-corrected chi connectivity index (χ0v) is 16.1. The van der Waals surface area contributed by atoms with E-state index in [1.54, 1.807) is 6.07 Å². The first kappa shape index (κ1) is 18.5. The Morgan fingerprint density at radius 2 is 1.88 bits per heavy atom. The number of hydrogen-bond acceptors (Lipinski definition) is 3. The standard InChI is InChI=1S/C18H16Br2O4/c1-2-23-14-10-13(8-9-15(21)22)16(19)17(20)18(14)24-11-12-6-4-3-5-7-12/h3-10H,2,11H2,1H3,(H,21,22). The maximum Gasteiger partial charge on any atom is 0.328 e. The van der Waals surface area contributed by atoms with Crippen molar-refractivity contribution in [1.82, 2.24) is 0 Å². The first-order valence-corrected chi connectivity index (χ1v) is 8.84. The summed E-state index contributed by atoms with van der Waals surface area (Å²) < 4.78 is 13.0. The van der Waals surface area contributed by atoms with Crippen LogP contribution in [0.3, 0.4) is 0 Å². The Labute approximate surface area is 157 Å². The first-order valence-electron chi connectivity index (χ1n) is 7.25. The Hall–Kier alpha value is -1.79. The van der Waals surface area contributed by atoms with E-state index < -0.39 is 5.97 Å². The van der Waals surface area contributed by atoms with Gasteiger partial charge in [0.25, 0.3) is 0 Å². The van der Waals surface area contributed by atoms with E-state index in [1.165, 1.54) is 6.08 Å². The number of aliphatic carboxylic acids is 1. The van der Waals surface area contributed by atoms with Crippen molar-refractivity contribution in [2.75, 3.05) is 6.61 Å². The minimum absolute atomic E-state index is 0.399. The summed E-state index contributed by atoms with van der Waals surface area (Å²) in [6.07, 6.45) is 2.58. The van der Waals surface area contributed by atoms with Gasteiger partial charge in [0, 0.05) is 10.5 Å². The summed E-state index contributed by atoms with van der Waals surface area (Å²) in [6.45, 7) is 2.75. The molecule has 0 saturated carbocycles. The predicted molar refractivity (Wildman–Crippen MR) is 100 cm³/mol. The van der Waals surface area contributed by atoms with Gasteiger partial charge in [-0.25, -0.2) is 4.79 Å². The molecule has 126 valence electrons. The summed E-state index contributed by atoms with van der Waals surface area (Å²) >= 11 is 6.97. The average Bonchev–Trinajstić information content (AvgIpc) is 2.57. The van der Waals surface area contributed by atoms with Crippen molar-refractivity contribution < 1.29 is 19.4 Å². The zero-order chi connectivity index (χ0) is 17.5. The second-order valence-electron chi connectivity index (χ2n) is 4.80. The van der Waals surface area contributed by atoms with Crippen LogP contribution >= 0.6 is 31.9 Å². The van der Waals surface area contributed by atoms with Crippen molar-refractivity contribution in [3.05, 3.63) is 62.5 Å². The van der Waals surface area contributed by atoms with Gasteiger partial charge in [0.05, 0.1) is 11.1 Å². The molecule has 0 atom stereocenters. The molecule has 2 aromatic carbocycles. The van der Waals surface area contributed by atoms with Crippen molar-refractivity contribution in [2.45, 2.75) is 13.5 Å². The number of benzene rings is 2. The maximum absolute atomic E-state index is 10.7. The SMILES string of the molecule is CCOc1cc(C=CC(=O)O)c(Br)c(Br)c1OCc1ccccc1. The highest BCUT2D eigenvalue weighted by atomic mass is 79.9. The first-order chi connectivity index (χ1) is 11.5. The Bertz CT molecular complexity index is 742. The van der Waals surface area contributed by atoms with E-state index in [4.69, 9.17) is 14.6 Å². The maximum atomic E-state index is 10.7. The lowest BCUT2D eigenvalue weighted by Crippen LogP contribution is -2.01. The molecule has 24 heavy (non-hydrogen) atoms. The van der Waals surface area contributed by atoms with Crippen molar-refractivity contribution in [3.8, 4) is 11.5 Å². The topological polar surface area (TPSA) is 55.8 Å². The van der Waals surface area contributed by atoms with Gasteiger partial charge in [-0.2, -0.15) is 0 Å². The molecule has 2 aromatic rings. The van der Waals surface area contributed by atoms with Gasteiger partial charge in [-0.05, 0) is 62.1 Å². The summed E-state index contributed by atoms with van der Waals surface area (Å²) in [7, 11) is 0. The van der Waals surface area contributed by atoms with Gasteiger partial charge >= 0.3 is 5.97 Å². The Balaban J connectivity index is 2.35. The molecule has 0 radical (unpaired) electrons. The van der Waals surface area contributed by atoms with Gasteiger partial charge in [0.2, 0.25) is 0 Å². The van der Waals surface area contributed by atoms with Crippen LogP contribution in [0.5, 0.6) is 11.5 Å². The highest BCUT2D eigenvalue weighted by molar-refractivity contribution is 9.13. The van der Waals surface area contributed by atoms with Crippen LogP contribution in [0.15, 0.2) is 51.4 Å². The van der Waals surface area contributed by atoms with Gasteiger partial charge in [0.15, 0.2) is 11.5 Å². The van der Waals surface area contributed by atoms with Gasteiger partial charge in [-0.15, -0.1) is 0 Å². The number of carboxylic acids is 1. The van der Waals surface area contributed by atoms with Crippen molar-refractivity contribution >= 4 is 43.9 Å². The smallest absolute Gasteiger partial charge is 0.328 e. The fraction of sp³-hybridized carbons (Fsp3) is 0.167. The molecule has 0 amide bonds. The molecule has 1 N–H and O–H groups in total. The van der Waals surface area contributed by atoms with Crippen LogP contribution in [0.2, 0.25) is 0 Å². The molecule has 2 rings (SSSR count). The lowest BCUT2D eigenvalue weighted by Gasteiger charge is -2.16. The Morgan fingerprint density at radius 1 is 1.17 bits per heavy atom. The molecule has 0 spiro atoms. The van der Waals surface area contributed by atoms with Gasteiger partial charge in [-0.3, -0.25) is 0 Å². The monoisotopic (exact) mass is 454 g/mol. The molecule has 4 nitrogen and oxygen atoms in total. The minimum Gasteiger partial charge on any atom is -0.490 e. The quantitative estimate of drug-likeness (QED) is 0.576. The van der Waals surface area contributed by atoms with Crippen LogP contribution in [0.1, 0.15) is 18.1 Å². The molecule has 0 bridgehead atoms. The number of rotatable bonds is 7. The summed E-state index contributed by atoms with van der Waals surface area (Å²) in [5, 5.41) is 8.80. The van der Waals surface area contributed by atoms with E-state index in [0.717, 1.165) is 11.6 Å². The number of carbonyl (C=O) groups is 1. The summed E-state index contributed by atoms with van der Waals surface area (Å²) in [4.78, 5) is 10.7. The van der Waals surface area contributed by atoms with Crippen LogP contribution < -0.4 is 9.47 Å². The second kappa shape index (κ2) is 8.89. The highest BCUT2D eigenvalue weighted by Gasteiger charge is 2.17. The van der Waals surface area contributed by atoms with E-state index in [-0.39, 0.29) is 0 Å². The lowest BCUT2D eigenvalue weighted by atomic mass is 10.2. The molecule has 0 aliphatic rings. The third kappa shape index (κ3) is 4.85. The molecule has 0 aliphatic heterocycles. The highest BCUT2D eigenvalue weighted by Crippen LogP contribution is 2.43. The fourth-order valence-electron chi connectivity index (χ4n) is 2.01. The van der Waals surface area contributed by atoms with Gasteiger partial charge in [0.1, 0.15) is 6.61 Å². The number of hydrogen-bond donors (Lipinski definition) is 1. The van der Waals surface area contributed by atoms with E-state index in [0.29, 0.717) is 39.2 Å². The zero-order valence-electron chi connectivity index (χ0n) is 13.0. The second-order valence-corrected chi connectivity index (χ2v) is 6.39. The number of halogens is 2. The van der Waals surface area contributed by atoms with Crippen molar-refractivity contribution in [1.29, 1.82) is 0 Å². The molecule has 0 heterocycles. The average molecular weight is 456 g/mol. The molecular weight excluding hydrogens is 440 g/mol. The van der Waals surface area contributed by atoms with Crippen LogP contribution in [0.4, 0.5) is 0 Å². The predicted octanol–water partition coefficient (Wildman–Crippen LogP) is 5.29. The third-order valence-corrected chi connectivity index (χ3v) is 5.23. The van der Waals surface area contributed by atoms with Crippen LogP contribution in [0, 0.1) is 0 Å². The summed E-state index contributed by atoms with van der Waals surface area (Å²) in [6, 6.07) is 11.6. The van der Waals surface area contributed by atoms with E-state index in [1.807, 2.05) is 37.3 Å². The normalized spacial score (nSPS) is 10.8. The van der Waals surface area contributed by atoms with E-state index >= 15 is 0 Å². The van der Waals surface area contributed by atoms with E-state index in [9.17, 15) is 4.79 Å². The fourth-order valence-corrected chi connectivity index (χ4v) is 2.98. The van der Waals surface area contributed by atoms with Crippen molar-refractivity contribution in [3.63, 3.8) is 0 Å². The molecule has 0 unspecified atom stereocenters. The Kier molecular flexibility index (Phi) is 6.87. The molecule has 0 fully saturated rings. The summed E-state index contributed by atoms with van der Waals surface area (Å²) in [5.74, 6) is 0.106. The van der Waals surface area contributed by atoms with Crippen LogP contribution in [0.25, 0.3) is 6.08 Å². The molecular formula is C18H16Br2O4. The summed E-state index contributed by atoms with van der Waals surface area (Å²) in [5.41, 5.74) is 1.72. The van der Waals surface area contributed by atoms with Gasteiger partial charge in [-0.1, -0.05) is 30.3 Å². The molecule has 0 saturated heterocycles. The minimum atomic E-state index is -1.01. The third-order valence-electron chi connectivity index (χ3n) is 3.09. The molecule has 0 aliphatic carbocycles. The Morgan fingerprint density at radius 3 is 2.50 bits per heavy atom. The lowest BCUT2D eigenvalue weighted by molar-refractivity contribution is -0.131. The van der Waals surface area contributed by atoms with Crippen molar-refractivity contribution in [2.24, 2.45) is 0 Å². The van der Waals surface area contributed by atoms with E-state index in [2.05, 4.69) is 31.9 Å². The van der Waals surface area contributed by atoms with Gasteiger partial charge < -0.3 is 14.6 Å². The van der Waals surface area contributed by atoms with Crippen LogP contribution in [-0.4, -0.2) is 17.7 Å². The number of ether oxygens (including phenoxy) is 2. The largest absolute Gasteiger partial charge is 0.490 e. The molecule has 0 aromatic heterocycles. The molecule has 6 heteroatoms. The van der Waals surface area contributed by atoms with Crippen LogP contribution in [-0.2, 0) is 11.4 Å². The number of carboxylic acid groups (broad SMARTS) is 1.